The molecule has 0 spiro atoms. The van der Waals surface area contributed by atoms with Gasteiger partial charge in [-0.05, 0) is 24.6 Å². The van der Waals surface area contributed by atoms with Crippen LogP contribution < -0.4 is 16.4 Å². The lowest BCUT2D eigenvalue weighted by molar-refractivity contribution is -0.153. The summed E-state index contributed by atoms with van der Waals surface area (Å²) in [6, 6.07) is 6.24. The molecule has 8 nitrogen and oxygen atoms in total. The number of hydrogen-bond acceptors (Lipinski definition) is 6. The molecule has 1 aliphatic heterocycles. The summed E-state index contributed by atoms with van der Waals surface area (Å²) in [6.45, 7) is 2.90. The maximum Gasteiger partial charge on any atom is 0.452 e. The molecular weight excluding hydrogens is 379 g/mol. The maximum atomic E-state index is 13.0. The van der Waals surface area contributed by atoms with Crippen LogP contribution in [-0.4, -0.2) is 22.8 Å². The summed E-state index contributed by atoms with van der Waals surface area (Å²) in [6.07, 6.45) is -4.84. The third-order valence-corrected chi connectivity index (χ3v) is 4.09. The summed E-state index contributed by atoms with van der Waals surface area (Å²) in [5.74, 6) is -3.18. The molecule has 1 unspecified atom stereocenters. The van der Waals surface area contributed by atoms with Crippen LogP contribution in [0.1, 0.15) is 41.0 Å². The highest BCUT2D eigenvalue weighted by Crippen LogP contribution is 2.34. The second-order valence-corrected chi connectivity index (χ2v) is 6.44. The number of carbonyl (C=O) groups is 2. The third kappa shape index (κ3) is 3.82. The molecule has 0 saturated heterocycles. The van der Waals surface area contributed by atoms with Crippen LogP contribution in [0.5, 0.6) is 0 Å². The van der Waals surface area contributed by atoms with Crippen molar-refractivity contribution in [2.75, 3.05) is 5.32 Å². The molecule has 4 N–H and O–H groups in total. The summed E-state index contributed by atoms with van der Waals surface area (Å²) in [5, 5.41) is 4.75. The summed E-state index contributed by atoms with van der Waals surface area (Å²) in [5.41, 5.74) is 4.54. The van der Waals surface area contributed by atoms with E-state index in [0.29, 0.717) is 5.56 Å². The Kier molecular flexibility index (Phi) is 4.61. The summed E-state index contributed by atoms with van der Waals surface area (Å²) >= 11 is 0. The zero-order chi connectivity index (χ0) is 20.7. The van der Waals surface area contributed by atoms with Crippen molar-refractivity contribution in [3.05, 3.63) is 47.2 Å². The molecule has 0 aliphatic carbocycles. The number of benzene rings is 1. The van der Waals surface area contributed by atoms with Crippen molar-refractivity contribution < 1.29 is 27.2 Å². The van der Waals surface area contributed by atoms with Gasteiger partial charge in [0.05, 0.1) is 12.0 Å². The molecule has 0 saturated carbocycles. The largest absolute Gasteiger partial charge is 0.452 e. The Bertz CT molecular complexity index is 983. The molecular formula is C17H16F3N5O3. The van der Waals surface area contributed by atoms with Crippen LogP contribution in [0.3, 0.4) is 0 Å². The standard InChI is InChI=1S/C17H16F3N5O3/c1-8-22-12(13(28-8)17(18,19)20)14(27)23-10-5-3-4-9(6-10)16(2)7-11(26)24-15(21)25-16/h3-6H,7H2,1-2H3,(H,23,27)(H3,21,24,25,26). The Morgan fingerprint density at radius 2 is 2.11 bits per heavy atom. The summed E-state index contributed by atoms with van der Waals surface area (Å²) < 4.78 is 43.6. The molecule has 1 atom stereocenters. The van der Waals surface area contributed by atoms with Crippen LogP contribution >= 0.6 is 0 Å². The fraction of sp³-hybridized carbons (Fsp3) is 0.294. The van der Waals surface area contributed by atoms with Crippen LogP contribution in [0.25, 0.3) is 0 Å². The smallest absolute Gasteiger partial charge is 0.436 e. The van der Waals surface area contributed by atoms with Gasteiger partial charge >= 0.3 is 6.18 Å². The van der Waals surface area contributed by atoms with E-state index in [1.54, 1.807) is 19.1 Å². The number of aryl methyl sites for hydroxylation is 1. The molecule has 2 aromatic rings. The molecule has 1 aliphatic rings. The quantitative estimate of drug-likeness (QED) is 0.736. The van der Waals surface area contributed by atoms with Crippen molar-refractivity contribution in [3.63, 3.8) is 0 Å². The Morgan fingerprint density at radius 3 is 2.75 bits per heavy atom. The molecule has 28 heavy (non-hydrogen) atoms. The first-order chi connectivity index (χ1) is 13.0. The number of nitrogens with zero attached hydrogens (tertiary/aromatic N) is 2. The highest BCUT2D eigenvalue weighted by atomic mass is 19.4. The highest BCUT2D eigenvalue weighted by Gasteiger charge is 2.41. The van der Waals surface area contributed by atoms with Crippen LogP contribution in [-0.2, 0) is 16.5 Å². The monoisotopic (exact) mass is 395 g/mol. The Labute approximate surface area is 157 Å². The topological polar surface area (TPSA) is 123 Å². The number of carbonyl (C=O) groups excluding carboxylic acids is 2. The normalized spacial score (nSPS) is 19.8. The van der Waals surface area contributed by atoms with Crippen molar-refractivity contribution in [3.8, 4) is 0 Å². The van der Waals surface area contributed by atoms with Gasteiger partial charge in [0.25, 0.3) is 5.91 Å². The Hall–Kier alpha value is -3.37. The summed E-state index contributed by atoms with van der Waals surface area (Å²) in [4.78, 5) is 31.9. The van der Waals surface area contributed by atoms with Gasteiger partial charge in [0.1, 0.15) is 0 Å². The van der Waals surface area contributed by atoms with E-state index in [-0.39, 0.29) is 29.9 Å². The molecule has 0 bridgehead atoms. The van der Waals surface area contributed by atoms with Gasteiger partial charge in [-0.3, -0.25) is 14.9 Å². The van der Waals surface area contributed by atoms with Crippen molar-refractivity contribution in [1.29, 1.82) is 0 Å². The van der Waals surface area contributed by atoms with Crippen LogP contribution in [0.2, 0.25) is 0 Å². The number of hydrogen-bond donors (Lipinski definition) is 3. The summed E-state index contributed by atoms with van der Waals surface area (Å²) in [7, 11) is 0. The van der Waals surface area contributed by atoms with Crippen molar-refractivity contribution in [2.24, 2.45) is 10.7 Å². The first kappa shape index (κ1) is 19.4. The molecule has 2 heterocycles. The van der Waals surface area contributed by atoms with Gasteiger partial charge in [0.2, 0.25) is 11.7 Å². The first-order valence-electron chi connectivity index (χ1n) is 8.10. The number of oxazole rings is 1. The Balaban J connectivity index is 1.89. The van der Waals surface area contributed by atoms with Crippen molar-refractivity contribution in [1.82, 2.24) is 10.3 Å². The van der Waals surface area contributed by atoms with E-state index in [1.807, 2.05) is 0 Å². The fourth-order valence-electron chi connectivity index (χ4n) is 2.89. The number of nitrogens with two attached hydrogens (primary N) is 1. The lowest BCUT2D eigenvalue weighted by atomic mass is 9.87. The predicted molar refractivity (Wildman–Crippen MR) is 92.4 cm³/mol. The zero-order valence-electron chi connectivity index (χ0n) is 14.8. The number of guanidine groups is 1. The van der Waals surface area contributed by atoms with Gasteiger partial charge in [-0.25, -0.2) is 9.98 Å². The number of anilines is 1. The van der Waals surface area contributed by atoms with Gasteiger partial charge in [-0.15, -0.1) is 0 Å². The van der Waals surface area contributed by atoms with Gasteiger partial charge in [0.15, 0.2) is 17.5 Å². The third-order valence-electron chi connectivity index (χ3n) is 4.09. The van der Waals surface area contributed by atoms with Crippen LogP contribution in [0.15, 0.2) is 33.7 Å². The molecule has 3 rings (SSSR count). The SMILES string of the molecule is Cc1nc(C(=O)Nc2cccc(C3(C)CC(=O)NC(N)=N3)c2)c(C(F)(F)F)o1. The van der Waals surface area contributed by atoms with E-state index in [2.05, 4.69) is 25.0 Å². The average Bonchev–Trinajstić information content (AvgIpc) is 2.96. The highest BCUT2D eigenvalue weighted by molar-refractivity contribution is 6.04. The number of aromatic nitrogens is 1. The van der Waals surface area contributed by atoms with Crippen LogP contribution in [0.4, 0.5) is 18.9 Å². The van der Waals surface area contributed by atoms with Gasteiger partial charge < -0.3 is 15.5 Å². The maximum absolute atomic E-state index is 13.0. The van der Waals surface area contributed by atoms with E-state index in [4.69, 9.17) is 5.73 Å². The lowest BCUT2D eigenvalue weighted by Crippen LogP contribution is -2.46. The minimum Gasteiger partial charge on any atom is -0.436 e. The van der Waals surface area contributed by atoms with E-state index < -0.39 is 29.1 Å². The molecule has 1 aromatic carbocycles. The van der Waals surface area contributed by atoms with Gasteiger partial charge in [-0.1, -0.05) is 12.1 Å². The number of halogens is 3. The molecule has 11 heteroatoms. The van der Waals surface area contributed by atoms with E-state index in [1.165, 1.54) is 19.1 Å². The van der Waals surface area contributed by atoms with E-state index >= 15 is 0 Å². The van der Waals surface area contributed by atoms with E-state index in [0.717, 1.165) is 0 Å². The number of alkyl halides is 3. The number of aliphatic imine (C=N–C) groups is 1. The second-order valence-electron chi connectivity index (χ2n) is 6.44. The van der Waals surface area contributed by atoms with Crippen LogP contribution in [0, 0.1) is 6.92 Å². The Morgan fingerprint density at radius 1 is 1.39 bits per heavy atom. The molecule has 148 valence electrons. The molecule has 0 radical (unpaired) electrons. The van der Waals surface area contributed by atoms with Crippen molar-refractivity contribution >= 4 is 23.5 Å². The zero-order valence-corrected chi connectivity index (χ0v) is 14.8. The average molecular weight is 395 g/mol. The lowest BCUT2D eigenvalue weighted by Gasteiger charge is -2.29. The number of nitrogens with one attached hydrogen (secondary N) is 2. The van der Waals surface area contributed by atoms with Gasteiger partial charge in [0, 0.05) is 12.6 Å². The molecule has 1 aromatic heterocycles. The predicted octanol–water partition coefficient (Wildman–Crippen LogP) is 2.30. The minimum absolute atomic E-state index is 0.0196. The molecule has 0 fully saturated rings. The number of rotatable bonds is 3. The van der Waals surface area contributed by atoms with Gasteiger partial charge in [-0.2, -0.15) is 13.2 Å². The first-order valence-corrected chi connectivity index (χ1v) is 8.10. The number of amides is 2. The molecule has 2 amide bonds. The van der Waals surface area contributed by atoms with E-state index in [9.17, 15) is 22.8 Å². The fourth-order valence-corrected chi connectivity index (χ4v) is 2.89. The minimum atomic E-state index is -4.86. The van der Waals surface area contributed by atoms with Crippen molar-refractivity contribution in [2.45, 2.75) is 32.0 Å². The second kappa shape index (κ2) is 6.66.